The predicted octanol–water partition coefficient (Wildman–Crippen LogP) is 10.6. The van der Waals surface area contributed by atoms with Gasteiger partial charge < -0.3 is 19.1 Å². The summed E-state index contributed by atoms with van der Waals surface area (Å²) in [5.74, 6) is 2.90. The first-order valence-corrected chi connectivity index (χ1v) is 28.2. The molecule has 0 aliphatic carbocycles. The molecular weight excluding hydrogens is 931 g/mol. The molecule has 17 heteroatoms. The van der Waals surface area contributed by atoms with Gasteiger partial charge in [0.15, 0.2) is 5.82 Å². The Morgan fingerprint density at radius 2 is 1.66 bits per heavy atom. The number of hydrogen-bond acceptors (Lipinski definition) is 11. The number of rotatable bonds is 11. The molecule has 3 aromatic carbocycles. The molecule has 4 aliphatic heterocycles. The number of aromatic nitrogens is 3. The maximum absolute atomic E-state index is 17.8. The molecule has 4 atom stereocenters. The number of carbonyl (C=O) groups excluding carboxylic acids is 1. The molecule has 2 unspecified atom stereocenters. The summed E-state index contributed by atoms with van der Waals surface area (Å²) in [6.45, 7) is 21.2. The van der Waals surface area contributed by atoms with E-state index in [1.807, 2.05) is 37.8 Å². The van der Waals surface area contributed by atoms with Crippen LogP contribution in [0.5, 0.6) is 11.8 Å². The van der Waals surface area contributed by atoms with Crippen LogP contribution in [0.2, 0.25) is 16.6 Å². The number of piperazine rings is 1. The summed E-state index contributed by atoms with van der Waals surface area (Å²) in [6.07, 6.45) is 4.71. The number of hydrogen-bond donors (Lipinski definition) is 1. The zero-order valence-electron chi connectivity index (χ0n) is 41.6. The van der Waals surface area contributed by atoms with Crippen LogP contribution in [0.15, 0.2) is 65.7 Å². The monoisotopic (exact) mass is 994 g/mol. The van der Waals surface area contributed by atoms with Crippen LogP contribution in [-0.4, -0.2) is 114 Å². The molecule has 2 bridgehead atoms. The van der Waals surface area contributed by atoms with Crippen molar-refractivity contribution >= 4 is 51.8 Å². The molecule has 6 heterocycles. The largest absolute Gasteiger partial charge is 0.489 e. The lowest BCUT2D eigenvalue weighted by Gasteiger charge is -2.42. The Hall–Kier alpha value is -5.41. The van der Waals surface area contributed by atoms with Gasteiger partial charge in [-0.2, -0.15) is 18.4 Å². The van der Waals surface area contributed by atoms with Gasteiger partial charge in [-0.1, -0.05) is 77.8 Å². The topological polar surface area (TPSA) is 148 Å². The second kappa shape index (κ2) is 18.6. The maximum atomic E-state index is 17.8. The first kappa shape index (κ1) is 49.6. The summed E-state index contributed by atoms with van der Waals surface area (Å²) in [6, 6.07) is 14.0. The van der Waals surface area contributed by atoms with Gasteiger partial charge >= 0.3 is 12.1 Å². The van der Waals surface area contributed by atoms with Crippen molar-refractivity contribution in [2.45, 2.75) is 145 Å². The normalized spacial score (nSPS) is 21.8. The number of ether oxygens (including phenoxy) is 3. The molecule has 4 fully saturated rings. The number of halogens is 2. The highest BCUT2D eigenvalue weighted by molar-refractivity contribution is 7.85. The van der Waals surface area contributed by atoms with E-state index in [1.54, 1.807) is 24.4 Å². The Balaban J connectivity index is 1.11. The van der Waals surface area contributed by atoms with E-state index in [2.05, 4.69) is 62.8 Å². The number of nitrogens with zero attached hydrogens (tertiary/aromatic N) is 6. The van der Waals surface area contributed by atoms with Crippen molar-refractivity contribution in [1.82, 2.24) is 24.8 Å². The Kier molecular flexibility index (Phi) is 13.2. The van der Waals surface area contributed by atoms with Crippen LogP contribution in [0, 0.1) is 23.1 Å². The average molecular weight is 995 g/mol. The highest BCUT2D eigenvalue weighted by atomic mass is 32.2. The third-order valence-corrected chi connectivity index (χ3v) is 22.3. The van der Waals surface area contributed by atoms with Gasteiger partial charge in [-0.3, -0.25) is 19.3 Å². The van der Waals surface area contributed by atoms with Crippen molar-refractivity contribution in [3.63, 3.8) is 0 Å². The Morgan fingerprint density at radius 3 is 2.33 bits per heavy atom. The molecule has 70 heavy (non-hydrogen) atoms. The van der Waals surface area contributed by atoms with Gasteiger partial charge in [0.1, 0.15) is 55.0 Å². The first-order chi connectivity index (χ1) is 33.1. The molecule has 0 saturated carbocycles. The van der Waals surface area contributed by atoms with Gasteiger partial charge in [0.05, 0.1) is 33.5 Å². The molecule has 13 nitrogen and oxygen atoms in total. The lowest BCUT2D eigenvalue weighted by atomic mass is 9.94. The fourth-order valence-electron chi connectivity index (χ4n) is 12.1. The van der Waals surface area contributed by atoms with Gasteiger partial charge in [-0.25, -0.2) is 13.6 Å². The summed E-state index contributed by atoms with van der Waals surface area (Å²) in [5, 5.41) is 1.55. The summed E-state index contributed by atoms with van der Waals surface area (Å²) in [7, 11) is -6.72. The molecular formula is C53H64F2N6O7SSi. The van der Waals surface area contributed by atoms with Crippen molar-refractivity contribution in [1.29, 1.82) is 0 Å². The number of amides is 1. The standard InChI is InChI=1S/C53H64F2N6O7SSi/c1-32(2)70(33(3)4,34(5)6)24-21-41-44(54)20-17-35-13-10-16-42(45(35)41)47-46(55)48-43(27-56-47)49(59-28-36-18-19-37(29-59)61(36)51(62)68-52(7,8)9)58-50(57-48)66-31-53-22-12-23-60(53)30-39(26-53)67-38-14-11-15-40(25-38)69(63,64)65/h10-11,13-17,20,25,27,32-34,36-37,39H,12,18-19,22-23,26,28-31H2,1-9H3,(H,63,64,65)/t36?,37?,39-,53-/m1/s1. The Bertz CT molecular complexity index is 2990. The van der Waals surface area contributed by atoms with Crippen LogP contribution >= 0.6 is 0 Å². The van der Waals surface area contributed by atoms with Crippen molar-refractivity contribution in [2.75, 3.05) is 37.7 Å². The molecule has 9 rings (SSSR count). The molecule has 4 aliphatic rings. The predicted molar refractivity (Wildman–Crippen MR) is 270 cm³/mol. The third-order valence-electron chi connectivity index (χ3n) is 15.2. The fourth-order valence-corrected chi connectivity index (χ4v) is 17.8. The molecule has 1 amide bonds. The van der Waals surface area contributed by atoms with E-state index in [1.165, 1.54) is 24.3 Å². The number of anilines is 1. The smallest absolute Gasteiger partial charge is 0.410 e. The van der Waals surface area contributed by atoms with Crippen molar-refractivity contribution in [3.05, 3.63) is 78.0 Å². The second-order valence-electron chi connectivity index (χ2n) is 21.6. The molecule has 2 aromatic heterocycles. The van der Waals surface area contributed by atoms with Crippen LogP contribution in [0.3, 0.4) is 0 Å². The molecule has 372 valence electrons. The van der Waals surface area contributed by atoms with E-state index in [0.29, 0.717) is 76.0 Å². The molecule has 0 spiro atoms. The minimum atomic E-state index is -4.42. The Labute approximate surface area is 411 Å². The highest BCUT2D eigenvalue weighted by Crippen LogP contribution is 2.44. The fraction of sp³-hybridized carbons (Fsp3) is 0.509. The minimum Gasteiger partial charge on any atom is -0.489 e. The van der Waals surface area contributed by atoms with E-state index < -0.39 is 41.0 Å². The highest BCUT2D eigenvalue weighted by Gasteiger charge is 2.51. The van der Waals surface area contributed by atoms with Crippen LogP contribution in [0.25, 0.3) is 32.9 Å². The first-order valence-electron chi connectivity index (χ1n) is 24.6. The van der Waals surface area contributed by atoms with Gasteiger partial charge in [0.2, 0.25) is 0 Å². The number of benzene rings is 3. The second-order valence-corrected chi connectivity index (χ2v) is 28.6. The van der Waals surface area contributed by atoms with Crippen LogP contribution < -0.4 is 14.4 Å². The van der Waals surface area contributed by atoms with E-state index in [0.717, 1.165) is 32.2 Å². The molecule has 0 radical (unpaired) electrons. The SMILES string of the molecule is CC(C)[Si](C#Cc1c(F)ccc2cccc(-c3ncc4c(N5CC6CCC(C5)N6C(=O)OC(C)(C)C)nc(OC[C@]56CCCN5C[C@H](Oc5cccc(S(=O)(=O)O)c5)C6)nc4c3F)c12)(C(C)C)C(C)C. The van der Waals surface area contributed by atoms with E-state index in [4.69, 9.17) is 29.2 Å². The van der Waals surface area contributed by atoms with E-state index in [-0.39, 0.29) is 58.6 Å². The molecule has 4 saturated heterocycles. The third kappa shape index (κ3) is 9.21. The summed E-state index contributed by atoms with van der Waals surface area (Å²) in [5.41, 5.74) is 4.07. The van der Waals surface area contributed by atoms with Crippen molar-refractivity contribution < 1.29 is 40.8 Å². The maximum Gasteiger partial charge on any atom is 0.410 e. The van der Waals surface area contributed by atoms with Crippen molar-refractivity contribution in [3.8, 4) is 34.5 Å². The summed E-state index contributed by atoms with van der Waals surface area (Å²) in [4.78, 5) is 34.1. The van der Waals surface area contributed by atoms with Crippen LogP contribution in [0.1, 0.15) is 100.0 Å². The number of pyridine rings is 1. The quantitative estimate of drug-likeness (QED) is 0.0763. The van der Waals surface area contributed by atoms with Crippen molar-refractivity contribution in [2.24, 2.45) is 0 Å². The van der Waals surface area contributed by atoms with Crippen LogP contribution in [-0.2, 0) is 14.9 Å². The zero-order chi connectivity index (χ0) is 50.1. The summed E-state index contributed by atoms with van der Waals surface area (Å²) >= 11 is 0. The molecule has 5 aromatic rings. The van der Waals surface area contributed by atoms with Gasteiger partial charge in [-0.15, -0.1) is 5.54 Å². The lowest BCUT2D eigenvalue weighted by molar-refractivity contribution is 0.0122. The van der Waals surface area contributed by atoms with Crippen LogP contribution in [0.4, 0.5) is 19.4 Å². The number of carbonyl (C=O) groups is 1. The zero-order valence-corrected chi connectivity index (χ0v) is 43.4. The Morgan fingerprint density at radius 1 is 0.957 bits per heavy atom. The van der Waals surface area contributed by atoms with E-state index in [9.17, 15) is 17.8 Å². The van der Waals surface area contributed by atoms with Gasteiger partial charge in [-0.05, 0) is 93.2 Å². The van der Waals surface area contributed by atoms with Gasteiger partial charge in [0, 0.05) is 49.3 Å². The lowest BCUT2D eigenvalue weighted by Crippen LogP contribution is -2.57. The summed E-state index contributed by atoms with van der Waals surface area (Å²) < 4.78 is 86.3. The average Bonchev–Trinajstić information content (AvgIpc) is 3.92. The van der Waals surface area contributed by atoms with E-state index >= 15 is 8.78 Å². The number of fused-ring (bicyclic) bond motifs is 5. The van der Waals surface area contributed by atoms with Gasteiger partial charge in [0.25, 0.3) is 10.1 Å². The molecule has 1 N–H and O–H groups in total. The minimum absolute atomic E-state index is 0.00772.